The summed E-state index contributed by atoms with van der Waals surface area (Å²) < 4.78 is 10.4. The van der Waals surface area contributed by atoms with Gasteiger partial charge in [-0.05, 0) is 34.7 Å². The Kier molecular flexibility index (Phi) is 2.74. The number of rotatable bonds is 2. The number of benzene rings is 1. The Labute approximate surface area is 93.1 Å². The van der Waals surface area contributed by atoms with E-state index in [4.69, 9.17) is 4.74 Å². The van der Waals surface area contributed by atoms with E-state index >= 15 is 0 Å². The van der Waals surface area contributed by atoms with Crippen molar-refractivity contribution >= 4 is 34.1 Å². The Morgan fingerprint density at radius 2 is 2.15 bits per heavy atom. The molecule has 0 saturated heterocycles. The van der Waals surface area contributed by atoms with Gasteiger partial charge in [0.2, 0.25) is 0 Å². The maximum atomic E-state index is 5.49. The van der Waals surface area contributed by atoms with Gasteiger partial charge >= 0.3 is 0 Å². The minimum absolute atomic E-state index is 0.573. The molecule has 0 unspecified atom stereocenters. The van der Waals surface area contributed by atoms with Gasteiger partial charge in [0.1, 0.15) is 12.1 Å². The van der Waals surface area contributed by atoms with Crippen LogP contribution in [0, 0.1) is 3.57 Å². The second-order valence-electron chi connectivity index (χ2n) is 2.24. The second kappa shape index (κ2) is 4.01. The van der Waals surface area contributed by atoms with Crippen LogP contribution in [0.2, 0.25) is 0 Å². The number of ether oxygens (including phenoxy) is 1. The lowest BCUT2D eigenvalue weighted by Crippen LogP contribution is -1.84. The van der Waals surface area contributed by atoms with Crippen molar-refractivity contribution in [2.75, 3.05) is 0 Å². The highest BCUT2D eigenvalue weighted by Crippen LogP contribution is 2.26. The molecule has 0 atom stereocenters. The molecule has 13 heavy (non-hydrogen) atoms. The summed E-state index contributed by atoms with van der Waals surface area (Å²) in [5.41, 5.74) is 0. The van der Waals surface area contributed by atoms with Crippen LogP contribution in [0.1, 0.15) is 0 Å². The average Bonchev–Trinajstić information content (AvgIpc) is 2.61. The minimum atomic E-state index is 0.573. The number of nitrogens with zero attached hydrogens (tertiary/aromatic N) is 2. The largest absolute Gasteiger partial charge is 0.429 e. The van der Waals surface area contributed by atoms with Gasteiger partial charge in [-0.25, -0.2) is 0 Å². The molecule has 0 radical (unpaired) electrons. The van der Waals surface area contributed by atoms with Crippen molar-refractivity contribution < 1.29 is 4.74 Å². The Bertz CT molecular complexity index is 391. The zero-order valence-electron chi connectivity index (χ0n) is 6.48. The van der Waals surface area contributed by atoms with E-state index in [-0.39, 0.29) is 0 Å². The average molecular weight is 304 g/mol. The quantitative estimate of drug-likeness (QED) is 0.800. The summed E-state index contributed by atoms with van der Waals surface area (Å²) in [6.45, 7) is 0. The van der Waals surface area contributed by atoms with Crippen LogP contribution in [0.5, 0.6) is 10.9 Å². The van der Waals surface area contributed by atoms with Gasteiger partial charge in [-0.1, -0.05) is 12.1 Å². The summed E-state index contributed by atoms with van der Waals surface area (Å²) in [6.07, 6.45) is 1.48. The highest BCUT2D eigenvalue weighted by Gasteiger charge is 2.02. The molecule has 0 aliphatic rings. The first-order valence-corrected chi connectivity index (χ1v) is 5.40. The Hall–Kier alpha value is -0.690. The SMILES string of the molecule is Ic1ccccc1Oc1ncns1. The number of halogens is 1. The van der Waals surface area contributed by atoms with Crippen molar-refractivity contribution in [3.63, 3.8) is 0 Å². The van der Waals surface area contributed by atoms with Crippen molar-refractivity contribution in [3.8, 4) is 10.9 Å². The minimum Gasteiger partial charge on any atom is -0.429 e. The van der Waals surface area contributed by atoms with E-state index in [2.05, 4.69) is 31.9 Å². The van der Waals surface area contributed by atoms with Gasteiger partial charge in [-0.2, -0.15) is 9.36 Å². The Morgan fingerprint density at radius 1 is 1.31 bits per heavy atom. The predicted octanol–water partition coefficient (Wildman–Crippen LogP) is 2.94. The number of hydrogen-bond acceptors (Lipinski definition) is 4. The third-order valence-electron chi connectivity index (χ3n) is 1.38. The molecule has 1 heterocycles. The van der Waals surface area contributed by atoms with Gasteiger partial charge in [0, 0.05) is 11.5 Å². The first-order valence-electron chi connectivity index (χ1n) is 3.55. The summed E-state index contributed by atoms with van der Waals surface area (Å²) in [5, 5.41) is 0.573. The molecule has 0 N–H and O–H groups in total. The van der Waals surface area contributed by atoms with Gasteiger partial charge in [0.15, 0.2) is 0 Å². The van der Waals surface area contributed by atoms with E-state index in [1.807, 2.05) is 24.3 Å². The number of hydrogen-bond donors (Lipinski definition) is 0. The lowest BCUT2D eigenvalue weighted by atomic mass is 10.3. The van der Waals surface area contributed by atoms with Crippen molar-refractivity contribution in [1.29, 1.82) is 0 Å². The molecular formula is C8H5IN2OS. The van der Waals surface area contributed by atoms with Gasteiger partial charge in [-0.3, -0.25) is 0 Å². The third kappa shape index (κ3) is 2.16. The standard InChI is InChI=1S/C8H5IN2OS/c9-6-3-1-2-4-7(6)12-8-10-5-11-13-8/h1-5H. The fourth-order valence-electron chi connectivity index (χ4n) is 0.829. The molecule has 0 spiro atoms. The Morgan fingerprint density at radius 3 is 2.85 bits per heavy atom. The maximum absolute atomic E-state index is 5.49. The summed E-state index contributed by atoms with van der Waals surface area (Å²) in [4.78, 5) is 3.93. The molecule has 5 heteroatoms. The normalized spacial score (nSPS) is 9.92. The van der Waals surface area contributed by atoms with Gasteiger partial charge in [0.05, 0.1) is 3.57 Å². The first kappa shape index (κ1) is 8.89. The molecule has 0 amide bonds. The van der Waals surface area contributed by atoms with Gasteiger partial charge in [0.25, 0.3) is 5.19 Å². The molecule has 0 fully saturated rings. The van der Waals surface area contributed by atoms with Crippen LogP contribution < -0.4 is 4.74 Å². The predicted molar refractivity (Wildman–Crippen MR) is 59.1 cm³/mol. The van der Waals surface area contributed by atoms with Crippen LogP contribution in [-0.4, -0.2) is 9.36 Å². The fourth-order valence-corrected chi connectivity index (χ4v) is 1.73. The third-order valence-corrected chi connectivity index (χ3v) is 2.81. The van der Waals surface area contributed by atoms with Crippen LogP contribution in [-0.2, 0) is 0 Å². The van der Waals surface area contributed by atoms with E-state index in [1.54, 1.807) is 0 Å². The van der Waals surface area contributed by atoms with Crippen molar-refractivity contribution in [3.05, 3.63) is 34.2 Å². The van der Waals surface area contributed by atoms with Crippen molar-refractivity contribution in [1.82, 2.24) is 9.36 Å². The van der Waals surface area contributed by atoms with Crippen LogP contribution in [0.4, 0.5) is 0 Å². The van der Waals surface area contributed by atoms with Crippen molar-refractivity contribution in [2.45, 2.75) is 0 Å². The van der Waals surface area contributed by atoms with E-state index in [0.717, 1.165) is 9.32 Å². The zero-order chi connectivity index (χ0) is 9.10. The molecule has 0 bridgehead atoms. The van der Waals surface area contributed by atoms with Gasteiger partial charge in [-0.15, -0.1) is 0 Å². The molecule has 3 nitrogen and oxygen atoms in total. The summed E-state index contributed by atoms with van der Waals surface area (Å²) >= 11 is 3.46. The highest BCUT2D eigenvalue weighted by molar-refractivity contribution is 14.1. The topological polar surface area (TPSA) is 35.0 Å². The highest BCUT2D eigenvalue weighted by atomic mass is 127. The molecule has 0 saturated carbocycles. The summed E-state index contributed by atoms with van der Waals surface area (Å²) in [6, 6.07) is 7.79. The lowest BCUT2D eigenvalue weighted by Gasteiger charge is -2.01. The number of para-hydroxylation sites is 1. The van der Waals surface area contributed by atoms with Crippen LogP contribution in [0.25, 0.3) is 0 Å². The van der Waals surface area contributed by atoms with Crippen molar-refractivity contribution in [2.24, 2.45) is 0 Å². The smallest absolute Gasteiger partial charge is 0.298 e. The Balaban J connectivity index is 2.24. The van der Waals surface area contributed by atoms with E-state index < -0.39 is 0 Å². The van der Waals surface area contributed by atoms with Crippen LogP contribution >= 0.6 is 34.1 Å². The second-order valence-corrected chi connectivity index (χ2v) is 4.14. The maximum Gasteiger partial charge on any atom is 0.298 e. The molecule has 2 aromatic rings. The monoisotopic (exact) mass is 304 g/mol. The molecule has 66 valence electrons. The molecule has 0 aliphatic heterocycles. The van der Waals surface area contributed by atoms with Crippen LogP contribution in [0.3, 0.4) is 0 Å². The molecular weight excluding hydrogens is 299 g/mol. The number of aromatic nitrogens is 2. The molecule has 2 rings (SSSR count). The van der Waals surface area contributed by atoms with E-state index in [0.29, 0.717) is 5.19 Å². The molecule has 0 aliphatic carbocycles. The van der Waals surface area contributed by atoms with E-state index in [1.165, 1.54) is 17.9 Å². The fraction of sp³-hybridized carbons (Fsp3) is 0. The van der Waals surface area contributed by atoms with Crippen LogP contribution in [0.15, 0.2) is 30.6 Å². The summed E-state index contributed by atoms with van der Waals surface area (Å²) in [5.74, 6) is 0.819. The first-order chi connectivity index (χ1) is 6.36. The molecule has 1 aromatic heterocycles. The summed E-state index contributed by atoms with van der Waals surface area (Å²) in [7, 11) is 0. The lowest BCUT2D eigenvalue weighted by molar-refractivity contribution is 0.475. The zero-order valence-corrected chi connectivity index (χ0v) is 9.45. The molecule has 1 aromatic carbocycles. The van der Waals surface area contributed by atoms with E-state index in [9.17, 15) is 0 Å². The van der Waals surface area contributed by atoms with Gasteiger partial charge < -0.3 is 4.74 Å².